The summed E-state index contributed by atoms with van der Waals surface area (Å²) in [7, 11) is 0. The molecule has 15 valence electrons. The summed E-state index contributed by atoms with van der Waals surface area (Å²) < 4.78 is 8.25. The normalized spacial score (nSPS) is 1.00. The SMILES string of the molecule is [Cd].[Ga].[O]=[Ge]. The van der Waals surface area contributed by atoms with Gasteiger partial charge in [-0.2, -0.15) is 0 Å². The van der Waals surface area contributed by atoms with Crippen LogP contribution in [-0.4, -0.2) is 36.2 Å². The van der Waals surface area contributed by atoms with E-state index in [-0.39, 0.29) is 47.1 Å². The van der Waals surface area contributed by atoms with Crippen molar-refractivity contribution in [2.75, 3.05) is 0 Å². The molecule has 1 nitrogen and oxygen atoms in total. The van der Waals surface area contributed by atoms with Crippen LogP contribution in [0.5, 0.6) is 0 Å². The molecule has 0 fully saturated rings. The van der Waals surface area contributed by atoms with Gasteiger partial charge in [0.05, 0.1) is 0 Å². The number of hydrogen-bond acceptors (Lipinski definition) is 1. The van der Waals surface area contributed by atoms with Crippen molar-refractivity contribution in [1.29, 1.82) is 0 Å². The van der Waals surface area contributed by atoms with E-state index in [4.69, 9.17) is 3.78 Å². The van der Waals surface area contributed by atoms with Crippen molar-refractivity contribution >= 4 is 36.2 Å². The third-order valence-electron chi connectivity index (χ3n) is 0. The van der Waals surface area contributed by atoms with Crippen LogP contribution in [0.1, 0.15) is 0 Å². The molecule has 0 unspecified atom stereocenters. The first-order valence-corrected chi connectivity index (χ1v) is 1.06. The first-order valence-electron chi connectivity index (χ1n) is 0.204. The molecule has 5 radical (unpaired) electrons. The second kappa shape index (κ2) is 20.6. The molecule has 4 heavy (non-hydrogen) atoms. The molecule has 0 aliphatic carbocycles. The van der Waals surface area contributed by atoms with E-state index in [0.29, 0.717) is 0 Å². The fourth-order valence-corrected chi connectivity index (χ4v) is 0. The first-order chi connectivity index (χ1) is 1.00. The van der Waals surface area contributed by atoms with Gasteiger partial charge in [-0.25, -0.2) is 0 Å². The topological polar surface area (TPSA) is 17.1 Å². The zero-order valence-electron chi connectivity index (χ0n) is 2.19. The fourth-order valence-electron chi connectivity index (χ4n) is 0. The summed E-state index contributed by atoms with van der Waals surface area (Å²) in [4.78, 5) is 0. The molecule has 0 aliphatic rings. The first kappa shape index (κ1) is 16.8. The van der Waals surface area contributed by atoms with Crippen LogP contribution in [0, 0.1) is 0 Å². The molecule has 4 heteroatoms. The van der Waals surface area contributed by atoms with Crippen LogP contribution in [0.15, 0.2) is 0 Å². The summed E-state index contributed by atoms with van der Waals surface area (Å²) >= 11 is 0.750. The maximum absolute atomic E-state index is 8.25. The Kier molecular flexibility index (Phi) is 86.9. The molecular formula is CdGaGeO. The summed E-state index contributed by atoms with van der Waals surface area (Å²) in [6.07, 6.45) is 0. The monoisotopic (exact) mass is 273 g/mol. The minimum atomic E-state index is 0. The van der Waals surface area contributed by atoms with E-state index in [1.807, 2.05) is 0 Å². The average molecular weight is 271 g/mol. The Balaban J connectivity index is -0.00000000500. The van der Waals surface area contributed by atoms with Gasteiger partial charge in [-0.1, -0.05) is 0 Å². The molecule has 0 saturated carbocycles. The van der Waals surface area contributed by atoms with Crippen LogP contribution in [0.3, 0.4) is 0 Å². The Morgan fingerprint density at radius 3 is 1.25 bits per heavy atom. The van der Waals surface area contributed by atoms with E-state index >= 15 is 0 Å². The predicted octanol–water partition coefficient (Wildman–Crippen LogP) is -0.883. The Labute approximate surface area is 66.6 Å². The standard InChI is InChI=1S/Cd.Ga.GeO/c;;1-2. The third-order valence-corrected chi connectivity index (χ3v) is 0. The van der Waals surface area contributed by atoms with Gasteiger partial charge < -0.3 is 0 Å². The number of rotatable bonds is 0. The van der Waals surface area contributed by atoms with Gasteiger partial charge in [0.1, 0.15) is 0 Å². The van der Waals surface area contributed by atoms with Gasteiger partial charge in [-0.15, -0.1) is 0 Å². The summed E-state index contributed by atoms with van der Waals surface area (Å²) in [5.74, 6) is 0. The van der Waals surface area contributed by atoms with Crippen LogP contribution in [0.25, 0.3) is 0 Å². The molecule has 0 amide bonds. The van der Waals surface area contributed by atoms with Crippen LogP contribution in [0.4, 0.5) is 0 Å². The van der Waals surface area contributed by atoms with E-state index < -0.39 is 0 Å². The molecular weight excluding hydrogens is 271 g/mol. The van der Waals surface area contributed by atoms with Crippen molar-refractivity contribution in [3.63, 3.8) is 0 Å². The zero-order chi connectivity index (χ0) is 2.00. The van der Waals surface area contributed by atoms with Crippen LogP contribution < -0.4 is 0 Å². The molecule has 0 aromatic heterocycles. The van der Waals surface area contributed by atoms with Gasteiger partial charge in [0.25, 0.3) is 0 Å². The van der Waals surface area contributed by atoms with E-state index in [0.717, 1.165) is 16.5 Å². The molecule has 0 rings (SSSR count). The van der Waals surface area contributed by atoms with E-state index in [1.54, 1.807) is 0 Å². The van der Waals surface area contributed by atoms with Gasteiger partial charge in [-0.05, 0) is 0 Å². The Morgan fingerprint density at radius 2 is 1.25 bits per heavy atom. The average Bonchev–Trinajstić information content (AvgIpc) is 1.00. The summed E-state index contributed by atoms with van der Waals surface area (Å²) in [5, 5.41) is 0. The molecule has 0 saturated heterocycles. The Morgan fingerprint density at radius 1 is 1.25 bits per heavy atom. The molecule has 0 bridgehead atoms. The van der Waals surface area contributed by atoms with Crippen molar-refractivity contribution in [3.8, 4) is 0 Å². The quantitative estimate of drug-likeness (QED) is 0.523. The number of hydrogen-bond donors (Lipinski definition) is 0. The van der Waals surface area contributed by atoms with E-state index in [9.17, 15) is 0 Å². The van der Waals surface area contributed by atoms with Gasteiger partial charge in [0.15, 0.2) is 0 Å². The van der Waals surface area contributed by atoms with Gasteiger partial charge in [-0.3, -0.25) is 0 Å². The second-order valence-corrected chi connectivity index (χ2v) is 0. The van der Waals surface area contributed by atoms with Gasteiger partial charge in [0, 0.05) is 47.1 Å². The van der Waals surface area contributed by atoms with Crippen LogP contribution in [0.2, 0.25) is 0 Å². The van der Waals surface area contributed by atoms with Gasteiger partial charge >= 0.3 is 20.2 Å². The molecule has 0 spiro atoms. The third kappa shape index (κ3) is 9.08. The van der Waals surface area contributed by atoms with E-state index in [2.05, 4.69) is 0 Å². The molecule has 0 heterocycles. The van der Waals surface area contributed by atoms with Crippen LogP contribution >= 0.6 is 0 Å². The second-order valence-electron chi connectivity index (χ2n) is 0. The Bertz CT molecular complexity index is 8.00. The van der Waals surface area contributed by atoms with Crippen molar-refractivity contribution in [2.45, 2.75) is 0 Å². The molecule has 0 aromatic rings. The minimum absolute atomic E-state index is 0. The Hall–Kier alpha value is 1.90. The summed E-state index contributed by atoms with van der Waals surface area (Å²) in [6.45, 7) is 0. The van der Waals surface area contributed by atoms with E-state index in [1.165, 1.54) is 0 Å². The molecule has 0 aliphatic heterocycles. The maximum atomic E-state index is 8.25. The zero-order valence-corrected chi connectivity index (χ0v) is 10.7. The van der Waals surface area contributed by atoms with Crippen molar-refractivity contribution < 1.29 is 31.1 Å². The predicted molar refractivity (Wildman–Crippen MR) is 12.2 cm³/mol. The molecule has 0 N–H and O–H groups in total. The molecule has 0 aromatic carbocycles. The van der Waals surface area contributed by atoms with Crippen molar-refractivity contribution in [2.24, 2.45) is 0 Å². The van der Waals surface area contributed by atoms with Crippen molar-refractivity contribution in [3.05, 3.63) is 0 Å². The summed E-state index contributed by atoms with van der Waals surface area (Å²) in [6, 6.07) is 0. The fraction of sp³-hybridized carbons (Fsp3) is 0. The van der Waals surface area contributed by atoms with Crippen molar-refractivity contribution in [1.82, 2.24) is 0 Å². The molecule has 0 atom stereocenters. The summed E-state index contributed by atoms with van der Waals surface area (Å²) in [5.41, 5.74) is 0. The van der Waals surface area contributed by atoms with Crippen LogP contribution in [-0.2, 0) is 31.1 Å². The van der Waals surface area contributed by atoms with Gasteiger partial charge in [0.2, 0.25) is 0 Å².